The SMILES string of the molecule is Nc1ccc(C(=O)c2ccc[nH]2)cc1Cl. The molecule has 0 spiro atoms. The van der Waals surface area contributed by atoms with Crippen LogP contribution in [0.3, 0.4) is 0 Å². The second-order valence-electron chi connectivity index (χ2n) is 3.15. The normalized spacial score (nSPS) is 10.2. The van der Waals surface area contributed by atoms with E-state index in [4.69, 9.17) is 17.3 Å². The molecule has 0 unspecified atom stereocenters. The predicted octanol–water partition coefficient (Wildman–Crippen LogP) is 2.48. The van der Waals surface area contributed by atoms with Crippen molar-refractivity contribution >= 4 is 23.1 Å². The topological polar surface area (TPSA) is 58.9 Å². The molecule has 0 aliphatic carbocycles. The summed E-state index contributed by atoms with van der Waals surface area (Å²) in [5.41, 5.74) is 7.09. The summed E-state index contributed by atoms with van der Waals surface area (Å²) in [5.74, 6) is -0.0955. The van der Waals surface area contributed by atoms with Gasteiger partial charge in [0.15, 0.2) is 0 Å². The molecule has 76 valence electrons. The molecule has 0 aliphatic heterocycles. The lowest BCUT2D eigenvalue weighted by Gasteiger charge is -2.01. The number of hydrogen-bond donors (Lipinski definition) is 2. The molecule has 4 heteroatoms. The number of carbonyl (C=O) groups excluding carboxylic acids is 1. The molecule has 3 N–H and O–H groups in total. The average molecular weight is 221 g/mol. The van der Waals surface area contributed by atoms with Crippen molar-refractivity contribution in [3.63, 3.8) is 0 Å². The molecule has 3 nitrogen and oxygen atoms in total. The van der Waals surface area contributed by atoms with E-state index in [0.29, 0.717) is 22.0 Å². The van der Waals surface area contributed by atoms with Crippen molar-refractivity contribution in [2.75, 3.05) is 5.73 Å². The lowest BCUT2D eigenvalue weighted by molar-refractivity contribution is 0.103. The van der Waals surface area contributed by atoms with E-state index in [1.165, 1.54) is 0 Å². The molecule has 15 heavy (non-hydrogen) atoms. The van der Waals surface area contributed by atoms with Gasteiger partial charge in [0.1, 0.15) is 0 Å². The highest BCUT2D eigenvalue weighted by atomic mass is 35.5. The first-order chi connectivity index (χ1) is 7.18. The van der Waals surface area contributed by atoms with Gasteiger partial charge in [0, 0.05) is 11.8 Å². The van der Waals surface area contributed by atoms with Crippen LogP contribution in [0.15, 0.2) is 36.5 Å². The van der Waals surface area contributed by atoms with Crippen LogP contribution in [-0.4, -0.2) is 10.8 Å². The minimum Gasteiger partial charge on any atom is -0.398 e. The van der Waals surface area contributed by atoms with Crippen molar-refractivity contribution in [3.05, 3.63) is 52.8 Å². The van der Waals surface area contributed by atoms with Crippen LogP contribution in [0.1, 0.15) is 16.1 Å². The van der Waals surface area contributed by atoms with Gasteiger partial charge in [0.25, 0.3) is 0 Å². The molecule has 0 bridgehead atoms. The number of nitrogens with two attached hydrogens (primary N) is 1. The largest absolute Gasteiger partial charge is 0.398 e. The number of rotatable bonds is 2. The third-order valence-electron chi connectivity index (χ3n) is 2.11. The van der Waals surface area contributed by atoms with E-state index >= 15 is 0 Å². The number of carbonyl (C=O) groups is 1. The molecular formula is C11H9ClN2O. The number of H-pyrrole nitrogens is 1. The fourth-order valence-corrected chi connectivity index (χ4v) is 1.48. The molecule has 0 fully saturated rings. The van der Waals surface area contributed by atoms with E-state index in [1.807, 2.05) is 0 Å². The zero-order valence-corrected chi connectivity index (χ0v) is 8.58. The molecule has 1 aromatic heterocycles. The number of nitrogens with one attached hydrogen (secondary N) is 1. The number of anilines is 1. The average Bonchev–Trinajstić information content (AvgIpc) is 2.74. The fraction of sp³-hybridized carbons (Fsp3) is 0. The van der Waals surface area contributed by atoms with E-state index in [2.05, 4.69) is 4.98 Å². The van der Waals surface area contributed by atoms with E-state index < -0.39 is 0 Å². The molecule has 0 atom stereocenters. The summed E-state index contributed by atoms with van der Waals surface area (Å²) in [4.78, 5) is 14.7. The summed E-state index contributed by atoms with van der Waals surface area (Å²) in [6.07, 6.45) is 1.70. The number of halogens is 1. The smallest absolute Gasteiger partial charge is 0.209 e. The van der Waals surface area contributed by atoms with Crippen molar-refractivity contribution < 1.29 is 4.79 Å². The fourth-order valence-electron chi connectivity index (χ4n) is 1.30. The molecule has 1 heterocycles. The van der Waals surface area contributed by atoms with Crippen LogP contribution in [0.4, 0.5) is 5.69 Å². The summed E-state index contributed by atoms with van der Waals surface area (Å²) in [6, 6.07) is 8.34. The molecular weight excluding hydrogens is 212 g/mol. The van der Waals surface area contributed by atoms with E-state index in [9.17, 15) is 4.79 Å². The van der Waals surface area contributed by atoms with Gasteiger partial charge in [-0.1, -0.05) is 11.6 Å². The van der Waals surface area contributed by atoms with Gasteiger partial charge in [-0.15, -0.1) is 0 Å². The summed E-state index contributed by atoms with van der Waals surface area (Å²) < 4.78 is 0. The lowest BCUT2D eigenvalue weighted by Crippen LogP contribution is -2.02. The van der Waals surface area contributed by atoms with Crippen molar-refractivity contribution in [2.24, 2.45) is 0 Å². The van der Waals surface area contributed by atoms with Gasteiger partial charge in [0.05, 0.1) is 16.4 Å². The van der Waals surface area contributed by atoms with Gasteiger partial charge in [-0.3, -0.25) is 4.79 Å². The highest BCUT2D eigenvalue weighted by molar-refractivity contribution is 6.33. The van der Waals surface area contributed by atoms with Crippen molar-refractivity contribution in [1.82, 2.24) is 4.98 Å². The molecule has 0 saturated heterocycles. The van der Waals surface area contributed by atoms with Crippen LogP contribution < -0.4 is 5.73 Å². The molecule has 0 saturated carbocycles. The Bertz CT molecular complexity index is 491. The van der Waals surface area contributed by atoms with Crippen LogP contribution in [0.2, 0.25) is 5.02 Å². The first-order valence-electron chi connectivity index (χ1n) is 4.41. The van der Waals surface area contributed by atoms with Gasteiger partial charge >= 0.3 is 0 Å². The number of aromatic amines is 1. The Balaban J connectivity index is 2.39. The predicted molar refractivity (Wildman–Crippen MR) is 60.1 cm³/mol. The van der Waals surface area contributed by atoms with Crippen LogP contribution in [0.25, 0.3) is 0 Å². The molecule has 1 aromatic carbocycles. The van der Waals surface area contributed by atoms with Crippen LogP contribution in [0, 0.1) is 0 Å². The maximum Gasteiger partial charge on any atom is 0.209 e. The maximum absolute atomic E-state index is 11.8. The zero-order valence-electron chi connectivity index (χ0n) is 7.83. The summed E-state index contributed by atoms with van der Waals surface area (Å²) in [6.45, 7) is 0. The van der Waals surface area contributed by atoms with Crippen LogP contribution >= 0.6 is 11.6 Å². The molecule has 0 aliphatic rings. The van der Waals surface area contributed by atoms with Crippen molar-refractivity contribution in [1.29, 1.82) is 0 Å². The molecule has 0 amide bonds. The Labute approximate surface area is 91.9 Å². The Morgan fingerprint density at radius 2 is 2.13 bits per heavy atom. The standard InChI is InChI=1S/C11H9ClN2O/c12-8-6-7(3-4-9(8)13)11(15)10-2-1-5-14-10/h1-6,14H,13H2. The molecule has 2 aromatic rings. The minimum absolute atomic E-state index is 0.0955. The monoisotopic (exact) mass is 220 g/mol. The van der Waals surface area contributed by atoms with E-state index in [1.54, 1.807) is 36.5 Å². The Kier molecular flexibility index (Phi) is 2.47. The summed E-state index contributed by atoms with van der Waals surface area (Å²) >= 11 is 5.83. The maximum atomic E-state index is 11.8. The first kappa shape index (κ1) is 9.80. The third-order valence-corrected chi connectivity index (χ3v) is 2.43. The summed E-state index contributed by atoms with van der Waals surface area (Å²) in [5, 5.41) is 0.396. The second kappa shape index (κ2) is 3.79. The van der Waals surface area contributed by atoms with Gasteiger partial charge in [-0.2, -0.15) is 0 Å². The van der Waals surface area contributed by atoms with Crippen molar-refractivity contribution in [3.8, 4) is 0 Å². The van der Waals surface area contributed by atoms with Gasteiger partial charge < -0.3 is 10.7 Å². The number of benzene rings is 1. The number of hydrogen-bond acceptors (Lipinski definition) is 2. The van der Waals surface area contributed by atoms with E-state index in [0.717, 1.165) is 0 Å². The lowest BCUT2D eigenvalue weighted by atomic mass is 10.1. The number of aromatic nitrogens is 1. The highest BCUT2D eigenvalue weighted by Crippen LogP contribution is 2.21. The van der Waals surface area contributed by atoms with Gasteiger partial charge in [-0.05, 0) is 30.3 Å². The Morgan fingerprint density at radius 1 is 1.33 bits per heavy atom. The van der Waals surface area contributed by atoms with Crippen LogP contribution in [-0.2, 0) is 0 Å². The van der Waals surface area contributed by atoms with Gasteiger partial charge in [0.2, 0.25) is 5.78 Å². The van der Waals surface area contributed by atoms with Crippen molar-refractivity contribution in [2.45, 2.75) is 0 Å². The summed E-state index contributed by atoms with van der Waals surface area (Å²) in [7, 11) is 0. The van der Waals surface area contributed by atoms with Gasteiger partial charge in [-0.25, -0.2) is 0 Å². The Morgan fingerprint density at radius 3 is 2.73 bits per heavy atom. The second-order valence-corrected chi connectivity index (χ2v) is 3.56. The molecule has 2 rings (SSSR count). The first-order valence-corrected chi connectivity index (χ1v) is 4.79. The number of ketones is 1. The zero-order chi connectivity index (χ0) is 10.8. The third kappa shape index (κ3) is 1.87. The van der Waals surface area contributed by atoms with E-state index in [-0.39, 0.29) is 5.78 Å². The number of nitrogen functional groups attached to an aromatic ring is 1. The van der Waals surface area contributed by atoms with Crippen LogP contribution in [0.5, 0.6) is 0 Å². The Hall–Kier alpha value is -1.74. The quantitative estimate of drug-likeness (QED) is 0.604. The molecule has 0 radical (unpaired) electrons. The minimum atomic E-state index is -0.0955. The highest BCUT2D eigenvalue weighted by Gasteiger charge is 2.10.